The van der Waals surface area contributed by atoms with Crippen LogP contribution in [0.3, 0.4) is 0 Å². The van der Waals surface area contributed by atoms with E-state index in [1.54, 1.807) is 0 Å². The van der Waals surface area contributed by atoms with Gasteiger partial charge in [0.2, 0.25) is 11.8 Å². The molecule has 0 radical (unpaired) electrons. The van der Waals surface area contributed by atoms with Crippen LogP contribution in [0, 0.1) is 0 Å². The number of carboxylic acids is 1. The molecule has 4 atom stereocenters. The Balaban J connectivity index is 2.76. The number of nitrogens with two attached hydrogens (primary N) is 1. The smallest absolute Gasteiger partial charge is 0.328 e. The molecule has 1 fully saturated rings. The second kappa shape index (κ2) is 7.34. The van der Waals surface area contributed by atoms with Crippen molar-refractivity contribution in [2.24, 2.45) is 5.73 Å². The molecule has 1 heterocycles. The third kappa shape index (κ3) is 4.13. The maximum atomic E-state index is 12.1. The molecule has 0 saturated carbocycles. The van der Waals surface area contributed by atoms with Crippen molar-refractivity contribution in [3.05, 3.63) is 0 Å². The number of aliphatic carboxylic acids is 1. The first kappa shape index (κ1) is 17.3. The van der Waals surface area contributed by atoms with Crippen molar-refractivity contribution in [3.8, 4) is 0 Å². The second-order valence-electron chi connectivity index (χ2n) is 5.04. The molecular formula is C12H21N3O6. The van der Waals surface area contributed by atoms with Crippen LogP contribution in [-0.4, -0.2) is 75.4 Å². The van der Waals surface area contributed by atoms with Gasteiger partial charge >= 0.3 is 5.97 Å². The molecule has 0 bridgehead atoms. The van der Waals surface area contributed by atoms with Crippen LogP contribution in [0.5, 0.6) is 0 Å². The van der Waals surface area contributed by atoms with Crippen LogP contribution in [0.15, 0.2) is 0 Å². The minimum Gasteiger partial charge on any atom is -0.480 e. The number of carboxylic acid groups (broad SMARTS) is 1. The number of rotatable bonds is 6. The van der Waals surface area contributed by atoms with E-state index in [4.69, 9.17) is 15.9 Å². The first-order valence-electron chi connectivity index (χ1n) is 6.67. The van der Waals surface area contributed by atoms with Crippen molar-refractivity contribution in [1.29, 1.82) is 0 Å². The van der Waals surface area contributed by atoms with Gasteiger partial charge in [0.1, 0.15) is 12.1 Å². The van der Waals surface area contributed by atoms with Crippen LogP contribution >= 0.6 is 0 Å². The van der Waals surface area contributed by atoms with E-state index in [9.17, 15) is 19.5 Å². The van der Waals surface area contributed by atoms with E-state index in [0.717, 1.165) is 0 Å². The fourth-order valence-corrected chi connectivity index (χ4v) is 2.23. The average molecular weight is 303 g/mol. The second-order valence-corrected chi connectivity index (χ2v) is 5.04. The largest absolute Gasteiger partial charge is 0.480 e. The van der Waals surface area contributed by atoms with Gasteiger partial charge in [0, 0.05) is 6.54 Å². The number of carbonyl (C=O) groups is 3. The Hall–Kier alpha value is -1.71. The lowest BCUT2D eigenvalue weighted by molar-refractivity contribution is -0.146. The van der Waals surface area contributed by atoms with Crippen LogP contribution in [-0.2, 0) is 14.4 Å². The number of hydrogen-bond acceptors (Lipinski definition) is 6. The van der Waals surface area contributed by atoms with Gasteiger partial charge in [0.25, 0.3) is 0 Å². The monoisotopic (exact) mass is 303 g/mol. The van der Waals surface area contributed by atoms with Crippen molar-refractivity contribution in [2.45, 2.75) is 44.0 Å². The fourth-order valence-electron chi connectivity index (χ4n) is 2.23. The molecule has 0 aromatic rings. The SMILES string of the molecule is C[C@@H](O)[C@H](NC(=O)[C@@H]1CCCN1C(=O)[C@@H](N)CO)C(=O)O. The molecule has 0 aromatic heterocycles. The molecule has 1 saturated heterocycles. The normalized spacial score (nSPS) is 22.5. The Labute approximate surface area is 121 Å². The van der Waals surface area contributed by atoms with Gasteiger partial charge in [0.05, 0.1) is 12.7 Å². The lowest BCUT2D eigenvalue weighted by atomic mass is 10.1. The van der Waals surface area contributed by atoms with Gasteiger partial charge in [-0.15, -0.1) is 0 Å². The Morgan fingerprint density at radius 2 is 2.05 bits per heavy atom. The van der Waals surface area contributed by atoms with Crippen molar-refractivity contribution in [2.75, 3.05) is 13.2 Å². The Morgan fingerprint density at radius 1 is 1.43 bits per heavy atom. The van der Waals surface area contributed by atoms with E-state index in [1.165, 1.54) is 11.8 Å². The summed E-state index contributed by atoms with van der Waals surface area (Å²) in [7, 11) is 0. The number of aliphatic hydroxyl groups excluding tert-OH is 2. The van der Waals surface area contributed by atoms with E-state index < -0.39 is 48.6 Å². The van der Waals surface area contributed by atoms with Crippen LogP contribution in [0.2, 0.25) is 0 Å². The quantitative estimate of drug-likeness (QED) is 0.356. The highest BCUT2D eigenvalue weighted by Crippen LogP contribution is 2.18. The predicted octanol–water partition coefficient (Wildman–Crippen LogP) is -2.75. The summed E-state index contributed by atoms with van der Waals surface area (Å²) in [6.07, 6.45) is -0.312. The summed E-state index contributed by atoms with van der Waals surface area (Å²) < 4.78 is 0. The van der Waals surface area contributed by atoms with E-state index in [-0.39, 0.29) is 0 Å². The van der Waals surface area contributed by atoms with E-state index >= 15 is 0 Å². The molecule has 0 spiro atoms. The topological polar surface area (TPSA) is 153 Å². The molecular weight excluding hydrogens is 282 g/mol. The number of hydrogen-bond donors (Lipinski definition) is 5. The minimum atomic E-state index is -1.44. The number of carbonyl (C=O) groups excluding carboxylic acids is 2. The first-order valence-corrected chi connectivity index (χ1v) is 6.67. The number of nitrogens with one attached hydrogen (secondary N) is 1. The molecule has 21 heavy (non-hydrogen) atoms. The fraction of sp³-hybridized carbons (Fsp3) is 0.750. The van der Waals surface area contributed by atoms with Gasteiger partial charge in [-0.25, -0.2) is 4.79 Å². The summed E-state index contributed by atoms with van der Waals surface area (Å²) in [5.41, 5.74) is 5.45. The van der Waals surface area contributed by atoms with Gasteiger partial charge in [-0.05, 0) is 19.8 Å². The number of likely N-dealkylation sites (tertiary alicyclic amines) is 1. The number of nitrogens with zero attached hydrogens (tertiary/aromatic N) is 1. The summed E-state index contributed by atoms with van der Waals surface area (Å²) in [5, 5.41) is 29.4. The van der Waals surface area contributed by atoms with Crippen LogP contribution in [0.1, 0.15) is 19.8 Å². The molecule has 6 N–H and O–H groups in total. The summed E-state index contributed by atoms with van der Waals surface area (Å²) in [5.74, 6) is -2.57. The van der Waals surface area contributed by atoms with Crippen LogP contribution in [0.4, 0.5) is 0 Å². The van der Waals surface area contributed by atoms with E-state index in [0.29, 0.717) is 19.4 Å². The van der Waals surface area contributed by atoms with Crippen molar-refractivity contribution in [3.63, 3.8) is 0 Å². The molecule has 0 unspecified atom stereocenters. The van der Waals surface area contributed by atoms with Gasteiger partial charge in [-0.2, -0.15) is 0 Å². The highest BCUT2D eigenvalue weighted by Gasteiger charge is 2.38. The zero-order valence-electron chi connectivity index (χ0n) is 11.7. The van der Waals surface area contributed by atoms with Gasteiger partial charge in [-0.3, -0.25) is 9.59 Å². The number of amides is 2. The standard InChI is InChI=1S/C12H21N3O6/c1-6(17)9(12(20)21)14-10(18)8-3-2-4-15(8)11(19)7(13)5-16/h6-9,16-17H,2-5,13H2,1H3,(H,14,18)(H,20,21)/t6-,7+,8+,9+/m1/s1. The molecule has 0 aliphatic carbocycles. The molecule has 9 nitrogen and oxygen atoms in total. The summed E-state index contributed by atoms with van der Waals surface area (Å²) >= 11 is 0. The van der Waals surface area contributed by atoms with Crippen molar-refractivity contribution in [1.82, 2.24) is 10.2 Å². The lowest BCUT2D eigenvalue weighted by Crippen LogP contribution is -2.56. The van der Waals surface area contributed by atoms with Gasteiger partial charge < -0.3 is 31.3 Å². The first-order chi connectivity index (χ1) is 9.79. The van der Waals surface area contributed by atoms with E-state index in [1.807, 2.05) is 0 Å². The van der Waals surface area contributed by atoms with E-state index in [2.05, 4.69) is 5.32 Å². The van der Waals surface area contributed by atoms with Crippen molar-refractivity contribution >= 4 is 17.8 Å². The van der Waals surface area contributed by atoms with Gasteiger partial charge in [0.15, 0.2) is 6.04 Å². The van der Waals surface area contributed by atoms with Crippen LogP contribution in [0.25, 0.3) is 0 Å². The summed E-state index contributed by atoms with van der Waals surface area (Å²) in [4.78, 5) is 36.2. The Bertz CT molecular complexity index is 414. The minimum absolute atomic E-state index is 0.317. The Kier molecular flexibility index (Phi) is 6.06. The zero-order chi connectivity index (χ0) is 16.2. The maximum absolute atomic E-state index is 12.1. The summed E-state index contributed by atoms with van der Waals surface area (Å²) in [6.45, 7) is 1.03. The summed E-state index contributed by atoms with van der Waals surface area (Å²) in [6, 6.07) is -3.39. The molecule has 9 heteroatoms. The predicted molar refractivity (Wildman–Crippen MR) is 71.0 cm³/mol. The third-order valence-electron chi connectivity index (χ3n) is 3.40. The Morgan fingerprint density at radius 3 is 2.52 bits per heavy atom. The molecule has 1 aliphatic rings. The van der Waals surface area contributed by atoms with Crippen LogP contribution < -0.4 is 11.1 Å². The highest BCUT2D eigenvalue weighted by atomic mass is 16.4. The average Bonchev–Trinajstić information content (AvgIpc) is 2.91. The molecule has 1 rings (SSSR count). The maximum Gasteiger partial charge on any atom is 0.328 e. The molecule has 0 aromatic carbocycles. The number of aliphatic hydroxyl groups is 2. The third-order valence-corrected chi connectivity index (χ3v) is 3.40. The molecule has 120 valence electrons. The highest BCUT2D eigenvalue weighted by molar-refractivity contribution is 5.92. The molecule has 1 aliphatic heterocycles. The molecule has 2 amide bonds. The zero-order valence-corrected chi connectivity index (χ0v) is 11.7. The lowest BCUT2D eigenvalue weighted by Gasteiger charge is -2.27. The van der Waals surface area contributed by atoms with Gasteiger partial charge in [-0.1, -0.05) is 0 Å². The van der Waals surface area contributed by atoms with Crippen molar-refractivity contribution < 1.29 is 29.7 Å².